The molecule has 1 atom stereocenters. The highest BCUT2D eigenvalue weighted by Crippen LogP contribution is 2.32. The van der Waals surface area contributed by atoms with Gasteiger partial charge < -0.3 is 4.90 Å². The topological polar surface area (TPSA) is 78.3 Å². The molecule has 0 aromatic carbocycles. The van der Waals surface area contributed by atoms with Crippen molar-refractivity contribution >= 4 is 11.3 Å². The van der Waals surface area contributed by atoms with Crippen molar-refractivity contribution in [2.45, 2.75) is 26.3 Å². The van der Waals surface area contributed by atoms with Crippen LogP contribution in [0.25, 0.3) is 27.8 Å². The van der Waals surface area contributed by atoms with Crippen LogP contribution in [0, 0.1) is 11.3 Å². The van der Waals surface area contributed by atoms with Gasteiger partial charge >= 0.3 is 0 Å². The zero-order chi connectivity index (χ0) is 22.9. The maximum absolute atomic E-state index is 9.64. The lowest BCUT2D eigenvalue weighted by atomic mass is 10.0. The average molecular weight is 441 g/mol. The van der Waals surface area contributed by atoms with Gasteiger partial charge in [0.05, 0.1) is 23.5 Å². The van der Waals surface area contributed by atoms with Gasteiger partial charge in [0.2, 0.25) is 0 Å². The Morgan fingerprint density at radius 1 is 1.00 bits per heavy atom. The summed E-state index contributed by atoms with van der Waals surface area (Å²) in [5.74, 6) is 0.996. The van der Waals surface area contributed by atoms with Crippen LogP contribution in [0.5, 0.6) is 0 Å². The molecule has 0 aliphatic carbocycles. The second kappa shape index (κ2) is 8.68. The van der Waals surface area contributed by atoms with Gasteiger partial charge in [0.25, 0.3) is 0 Å². The molecule has 8 heteroatoms. The first kappa shape index (κ1) is 21.2. The minimum absolute atomic E-state index is 0.549. The van der Waals surface area contributed by atoms with Gasteiger partial charge in [-0.1, -0.05) is 6.92 Å². The van der Waals surface area contributed by atoms with Gasteiger partial charge in [-0.2, -0.15) is 15.5 Å². The predicted octanol–water partition coefficient (Wildman–Crippen LogP) is 3.59. The molecule has 1 fully saturated rings. The van der Waals surface area contributed by atoms with Crippen molar-refractivity contribution in [3.05, 3.63) is 54.7 Å². The van der Waals surface area contributed by atoms with E-state index in [0.29, 0.717) is 11.6 Å². The van der Waals surface area contributed by atoms with E-state index >= 15 is 0 Å². The third-order valence-corrected chi connectivity index (χ3v) is 6.68. The van der Waals surface area contributed by atoms with Crippen LogP contribution in [0.3, 0.4) is 0 Å². The molecule has 0 N–H and O–H groups in total. The van der Waals surface area contributed by atoms with Crippen molar-refractivity contribution < 1.29 is 0 Å². The Hall–Kier alpha value is -3.70. The molecule has 1 unspecified atom stereocenters. The van der Waals surface area contributed by atoms with Crippen LogP contribution in [-0.2, 0) is 7.05 Å². The largest absolute Gasteiger partial charge is 0.354 e. The number of aryl methyl sites for hydroxylation is 1. The minimum Gasteiger partial charge on any atom is -0.354 e. The van der Waals surface area contributed by atoms with Crippen molar-refractivity contribution in [3.63, 3.8) is 0 Å². The summed E-state index contributed by atoms with van der Waals surface area (Å²) in [5, 5.41) is 18.4. The molecule has 0 amide bonds. The molecule has 0 radical (unpaired) electrons. The van der Waals surface area contributed by atoms with Crippen LogP contribution in [0.15, 0.2) is 49.2 Å². The van der Waals surface area contributed by atoms with Crippen LogP contribution in [0.4, 0.5) is 5.82 Å². The molecule has 0 bridgehead atoms. The summed E-state index contributed by atoms with van der Waals surface area (Å²) in [6.07, 6.45) is 10.4. The van der Waals surface area contributed by atoms with E-state index in [1.54, 1.807) is 15.4 Å². The number of nitriles is 1. The number of pyridine rings is 2. The SMILES string of the molecule is CCC(C)N1CCN(c2ccc(-c3cc(-c4cnn(C)c4)cn4ncc(C#N)c34)cn2)CC1. The molecule has 5 heterocycles. The first-order chi connectivity index (χ1) is 16.1. The number of hydrogen-bond donors (Lipinski definition) is 0. The summed E-state index contributed by atoms with van der Waals surface area (Å²) in [6.45, 7) is 8.64. The molecule has 1 aliphatic rings. The molecule has 4 aromatic rings. The van der Waals surface area contributed by atoms with Gasteiger partial charge in [0, 0.05) is 80.1 Å². The van der Waals surface area contributed by atoms with Crippen LogP contribution in [0.1, 0.15) is 25.8 Å². The van der Waals surface area contributed by atoms with Crippen molar-refractivity contribution in [2.75, 3.05) is 31.1 Å². The smallest absolute Gasteiger partial charge is 0.128 e. The molecule has 168 valence electrons. The fraction of sp³-hybridized carbons (Fsp3) is 0.360. The Balaban J connectivity index is 1.48. The van der Waals surface area contributed by atoms with E-state index in [-0.39, 0.29) is 0 Å². The van der Waals surface area contributed by atoms with Gasteiger partial charge in [-0.05, 0) is 31.5 Å². The molecule has 5 rings (SSSR count). The highest BCUT2D eigenvalue weighted by Gasteiger charge is 2.21. The lowest BCUT2D eigenvalue weighted by molar-refractivity contribution is 0.192. The Morgan fingerprint density at radius 3 is 2.45 bits per heavy atom. The van der Waals surface area contributed by atoms with E-state index in [2.05, 4.69) is 58.1 Å². The minimum atomic E-state index is 0.549. The lowest BCUT2D eigenvalue weighted by Crippen LogP contribution is -2.49. The average Bonchev–Trinajstić information content (AvgIpc) is 3.49. The van der Waals surface area contributed by atoms with Gasteiger partial charge in [0.15, 0.2) is 0 Å². The highest BCUT2D eigenvalue weighted by atomic mass is 15.3. The Labute approximate surface area is 193 Å². The molecule has 0 saturated carbocycles. The normalized spacial score (nSPS) is 15.6. The first-order valence-corrected chi connectivity index (χ1v) is 11.4. The summed E-state index contributed by atoms with van der Waals surface area (Å²) in [4.78, 5) is 9.70. The molecule has 4 aromatic heterocycles. The summed E-state index contributed by atoms with van der Waals surface area (Å²) >= 11 is 0. The molecule has 1 aliphatic heterocycles. The van der Waals surface area contributed by atoms with Gasteiger partial charge in [-0.15, -0.1) is 0 Å². The van der Waals surface area contributed by atoms with Crippen molar-refractivity contribution in [3.8, 4) is 28.3 Å². The third-order valence-electron chi connectivity index (χ3n) is 6.68. The van der Waals surface area contributed by atoms with E-state index in [4.69, 9.17) is 4.98 Å². The Bertz CT molecular complexity index is 1300. The van der Waals surface area contributed by atoms with E-state index in [0.717, 1.165) is 59.8 Å². The number of anilines is 1. The second-order valence-electron chi connectivity index (χ2n) is 8.69. The summed E-state index contributed by atoms with van der Waals surface area (Å²) in [7, 11) is 1.90. The van der Waals surface area contributed by atoms with Crippen LogP contribution < -0.4 is 4.90 Å². The molecule has 0 spiro atoms. The fourth-order valence-corrected chi connectivity index (χ4v) is 4.53. The van der Waals surface area contributed by atoms with E-state index < -0.39 is 0 Å². The van der Waals surface area contributed by atoms with Crippen LogP contribution in [-0.4, -0.2) is 61.5 Å². The number of fused-ring (bicyclic) bond motifs is 1. The number of piperazine rings is 1. The third kappa shape index (κ3) is 3.96. The van der Waals surface area contributed by atoms with E-state index in [1.165, 1.54) is 6.42 Å². The van der Waals surface area contributed by atoms with Crippen molar-refractivity contribution in [1.29, 1.82) is 5.26 Å². The zero-order valence-corrected chi connectivity index (χ0v) is 19.3. The zero-order valence-electron chi connectivity index (χ0n) is 19.3. The van der Waals surface area contributed by atoms with Crippen molar-refractivity contribution in [1.82, 2.24) is 29.3 Å². The summed E-state index contributed by atoms with van der Waals surface area (Å²) in [5.41, 5.74) is 5.23. The Kier molecular flexibility index (Phi) is 5.56. The van der Waals surface area contributed by atoms with E-state index in [9.17, 15) is 5.26 Å². The molecule has 8 nitrogen and oxygen atoms in total. The quantitative estimate of drug-likeness (QED) is 0.472. The summed E-state index contributed by atoms with van der Waals surface area (Å²) in [6, 6.07) is 9.18. The van der Waals surface area contributed by atoms with Gasteiger partial charge in [-0.3, -0.25) is 9.58 Å². The monoisotopic (exact) mass is 440 g/mol. The molecular weight excluding hydrogens is 412 g/mol. The van der Waals surface area contributed by atoms with Gasteiger partial charge in [0.1, 0.15) is 11.9 Å². The molecule has 1 saturated heterocycles. The molecule has 33 heavy (non-hydrogen) atoms. The number of aromatic nitrogens is 5. The van der Waals surface area contributed by atoms with E-state index in [1.807, 2.05) is 31.8 Å². The number of nitrogens with zero attached hydrogens (tertiary/aromatic N) is 8. The maximum Gasteiger partial charge on any atom is 0.128 e. The second-order valence-corrected chi connectivity index (χ2v) is 8.69. The summed E-state index contributed by atoms with van der Waals surface area (Å²) < 4.78 is 3.55. The fourth-order valence-electron chi connectivity index (χ4n) is 4.53. The van der Waals surface area contributed by atoms with Crippen LogP contribution >= 0.6 is 0 Å². The number of hydrogen-bond acceptors (Lipinski definition) is 6. The number of rotatable bonds is 5. The first-order valence-electron chi connectivity index (χ1n) is 11.4. The maximum atomic E-state index is 9.64. The standard InChI is InChI=1S/C25H28N8/c1-4-18(2)31-7-9-32(10-8-31)24-6-5-19(13-27-24)23-11-20(22-15-28-30(3)16-22)17-33-25(23)21(12-26)14-29-33/h5-6,11,13-18H,4,7-10H2,1-3H3. The van der Waals surface area contributed by atoms with Gasteiger partial charge in [-0.25, -0.2) is 9.50 Å². The predicted molar refractivity (Wildman–Crippen MR) is 129 cm³/mol. The van der Waals surface area contributed by atoms with Crippen LogP contribution in [0.2, 0.25) is 0 Å². The Morgan fingerprint density at radius 2 is 1.82 bits per heavy atom. The van der Waals surface area contributed by atoms with Crippen molar-refractivity contribution in [2.24, 2.45) is 7.05 Å². The highest BCUT2D eigenvalue weighted by molar-refractivity contribution is 5.87. The lowest BCUT2D eigenvalue weighted by Gasteiger charge is -2.38. The molecular formula is C25H28N8.